The molecule has 0 saturated heterocycles. The molecule has 0 aromatic rings. The minimum atomic E-state index is -0.833. The van der Waals surface area contributed by atoms with Crippen molar-refractivity contribution in [1.82, 2.24) is 0 Å². The third-order valence-corrected chi connectivity index (χ3v) is 1.62. The summed E-state index contributed by atoms with van der Waals surface area (Å²) in [5.74, 6) is -1.60. The van der Waals surface area contributed by atoms with E-state index < -0.39 is 11.9 Å². The van der Waals surface area contributed by atoms with Crippen molar-refractivity contribution in [3.63, 3.8) is 0 Å². The zero-order chi connectivity index (χ0) is 10.3. The lowest BCUT2D eigenvalue weighted by Gasteiger charge is -2.11. The van der Waals surface area contributed by atoms with Crippen molar-refractivity contribution in [3.8, 4) is 0 Å². The molecular weight excluding hydrogens is 172 g/mol. The molecule has 74 valence electrons. The Labute approximate surface area is 76.9 Å². The van der Waals surface area contributed by atoms with E-state index in [1.165, 1.54) is 0 Å². The summed E-state index contributed by atoms with van der Waals surface area (Å²) in [6.45, 7) is 1.08. The van der Waals surface area contributed by atoms with Crippen LogP contribution in [-0.2, 0) is 9.59 Å². The normalized spacial score (nSPS) is 19.9. The molecule has 0 aliphatic heterocycles. The van der Waals surface area contributed by atoms with Crippen LogP contribution in [0.25, 0.3) is 0 Å². The second kappa shape index (κ2) is 6.22. The number of hydrogen-bond donors (Lipinski definition) is 2. The fourth-order valence-corrected chi connectivity index (χ4v) is 1.02. The maximum absolute atomic E-state index is 10.3. The predicted molar refractivity (Wildman–Crippen MR) is 47.4 cm³/mol. The van der Waals surface area contributed by atoms with Crippen LogP contribution >= 0.6 is 0 Å². The predicted octanol–water partition coefficient (Wildman–Crippen LogP) is 1.52. The summed E-state index contributed by atoms with van der Waals surface area (Å²) in [6, 6.07) is 0. The third kappa shape index (κ3) is 7.05. The van der Waals surface area contributed by atoms with Gasteiger partial charge in [-0.05, 0) is 19.3 Å². The van der Waals surface area contributed by atoms with Crippen LogP contribution in [0, 0.1) is 5.92 Å². The molecule has 0 spiro atoms. The topological polar surface area (TPSA) is 74.6 Å². The molecule has 0 radical (unpaired) electrons. The molecule has 1 rings (SSSR count). The fourth-order valence-electron chi connectivity index (χ4n) is 1.02. The zero-order valence-electron chi connectivity index (χ0n) is 7.56. The van der Waals surface area contributed by atoms with Gasteiger partial charge in [-0.2, -0.15) is 0 Å². The first-order valence-corrected chi connectivity index (χ1v) is 4.11. The van der Waals surface area contributed by atoms with Crippen LogP contribution in [0.3, 0.4) is 0 Å². The van der Waals surface area contributed by atoms with Crippen molar-refractivity contribution < 1.29 is 19.8 Å². The number of hydrogen-bond acceptors (Lipinski definition) is 2. The van der Waals surface area contributed by atoms with Crippen molar-refractivity contribution in [1.29, 1.82) is 0 Å². The Morgan fingerprint density at radius 3 is 2.08 bits per heavy atom. The largest absolute Gasteiger partial charge is 0.481 e. The fraction of sp³-hybridized carbons (Fsp3) is 0.556. The molecule has 1 aliphatic rings. The van der Waals surface area contributed by atoms with Gasteiger partial charge < -0.3 is 10.2 Å². The SMILES string of the molecule is CC(=O)O.O=C(O)[C@@H]1CC=CCC1. The Morgan fingerprint density at radius 1 is 1.31 bits per heavy atom. The number of aliphatic carboxylic acids is 2. The molecule has 0 amide bonds. The number of carbonyl (C=O) groups is 2. The minimum Gasteiger partial charge on any atom is -0.481 e. The van der Waals surface area contributed by atoms with E-state index >= 15 is 0 Å². The Balaban J connectivity index is 0.000000310. The number of allylic oxidation sites excluding steroid dienone is 2. The maximum Gasteiger partial charge on any atom is 0.306 e. The Bertz CT molecular complexity index is 204. The lowest BCUT2D eigenvalue weighted by Crippen LogP contribution is -2.13. The van der Waals surface area contributed by atoms with Gasteiger partial charge in [0.25, 0.3) is 5.97 Å². The van der Waals surface area contributed by atoms with Gasteiger partial charge in [-0.1, -0.05) is 12.2 Å². The Morgan fingerprint density at radius 2 is 1.85 bits per heavy atom. The first-order chi connectivity index (χ1) is 6.04. The van der Waals surface area contributed by atoms with Crippen LogP contribution in [0.1, 0.15) is 26.2 Å². The molecule has 0 aromatic carbocycles. The van der Waals surface area contributed by atoms with E-state index in [4.69, 9.17) is 15.0 Å². The van der Waals surface area contributed by atoms with Gasteiger partial charge in [0.05, 0.1) is 5.92 Å². The average Bonchev–Trinajstić information content (AvgIpc) is 2.05. The summed E-state index contributed by atoms with van der Waals surface area (Å²) < 4.78 is 0. The molecule has 13 heavy (non-hydrogen) atoms. The van der Waals surface area contributed by atoms with Crippen LogP contribution in [0.2, 0.25) is 0 Å². The molecule has 1 aliphatic carbocycles. The van der Waals surface area contributed by atoms with Crippen molar-refractivity contribution in [2.75, 3.05) is 0 Å². The van der Waals surface area contributed by atoms with Crippen LogP contribution in [0.15, 0.2) is 12.2 Å². The highest BCUT2D eigenvalue weighted by Gasteiger charge is 2.16. The summed E-state index contributed by atoms with van der Waals surface area (Å²) >= 11 is 0. The highest BCUT2D eigenvalue weighted by molar-refractivity contribution is 5.70. The number of carboxylic acid groups (broad SMARTS) is 2. The first-order valence-electron chi connectivity index (χ1n) is 4.11. The highest BCUT2D eigenvalue weighted by Crippen LogP contribution is 2.17. The standard InChI is InChI=1S/C7H10O2.C2H4O2/c8-7(9)6-4-2-1-3-5-6;1-2(3)4/h1-2,6H,3-5H2,(H,8,9);1H3,(H,3,4)/t6-;/m1./s1. The number of rotatable bonds is 1. The van der Waals surface area contributed by atoms with E-state index in [0.29, 0.717) is 0 Å². The van der Waals surface area contributed by atoms with Crippen LogP contribution in [0.5, 0.6) is 0 Å². The van der Waals surface area contributed by atoms with Gasteiger partial charge in [0, 0.05) is 6.92 Å². The van der Waals surface area contributed by atoms with Crippen molar-refractivity contribution in [2.45, 2.75) is 26.2 Å². The molecule has 1 atom stereocenters. The molecule has 0 bridgehead atoms. The molecule has 4 heteroatoms. The number of carboxylic acids is 2. The summed E-state index contributed by atoms with van der Waals surface area (Å²) in [4.78, 5) is 19.3. The van der Waals surface area contributed by atoms with Gasteiger partial charge in [-0.15, -0.1) is 0 Å². The molecule has 2 N–H and O–H groups in total. The monoisotopic (exact) mass is 186 g/mol. The maximum atomic E-state index is 10.3. The quantitative estimate of drug-likeness (QED) is 0.609. The summed E-state index contributed by atoms with van der Waals surface area (Å²) in [7, 11) is 0. The van der Waals surface area contributed by atoms with Crippen LogP contribution < -0.4 is 0 Å². The summed E-state index contributed by atoms with van der Waals surface area (Å²) in [5.41, 5.74) is 0. The van der Waals surface area contributed by atoms with Crippen LogP contribution in [-0.4, -0.2) is 22.2 Å². The van der Waals surface area contributed by atoms with E-state index in [1.807, 2.05) is 12.2 Å². The van der Waals surface area contributed by atoms with E-state index in [2.05, 4.69) is 0 Å². The van der Waals surface area contributed by atoms with Gasteiger partial charge in [0.2, 0.25) is 0 Å². The van der Waals surface area contributed by atoms with E-state index in [9.17, 15) is 4.79 Å². The highest BCUT2D eigenvalue weighted by atomic mass is 16.4. The molecule has 0 fully saturated rings. The molecule has 0 heterocycles. The molecule has 4 nitrogen and oxygen atoms in total. The second-order valence-corrected chi connectivity index (χ2v) is 2.84. The first kappa shape index (κ1) is 11.7. The molecule has 0 unspecified atom stereocenters. The molecule has 0 saturated carbocycles. The van der Waals surface area contributed by atoms with Crippen LogP contribution in [0.4, 0.5) is 0 Å². The Kier molecular flexibility index (Phi) is 5.59. The average molecular weight is 186 g/mol. The van der Waals surface area contributed by atoms with Gasteiger partial charge in [0.1, 0.15) is 0 Å². The van der Waals surface area contributed by atoms with Crippen molar-refractivity contribution in [2.24, 2.45) is 5.92 Å². The van der Waals surface area contributed by atoms with Gasteiger partial charge in [-0.3, -0.25) is 9.59 Å². The Hall–Kier alpha value is -1.32. The third-order valence-electron chi connectivity index (χ3n) is 1.62. The van der Waals surface area contributed by atoms with E-state index in [0.717, 1.165) is 26.2 Å². The lowest BCUT2D eigenvalue weighted by atomic mass is 9.95. The summed E-state index contributed by atoms with van der Waals surface area (Å²) in [5, 5.41) is 15.9. The summed E-state index contributed by atoms with van der Waals surface area (Å²) in [6.07, 6.45) is 6.44. The van der Waals surface area contributed by atoms with E-state index in [-0.39, 0.29) is 5.92 Å². The van der Waals surface area contributed by atoms with Gasteiger partial charge >= 0.3 is 5.97 Å². The second-order valence-electron chi connectivity index (χ2n) is 2.84. The van der Waals surface area contributed by atoms with Gasteiger partial charge in [0.15, 0.2) is 0 Å². The zero-order valence-corrected chi connectivity index (χ0v) is 7.56. The minimum absolute atomic E-state index is 0.116. The van der Waals surface area contributed by atoms with Crippen molar-refractivity contribution >= 4 is 11.9 Å². The smallest absolute Gasteiger partial charge is 0.306 e. The molecule has 0 aromatic heterocycles. The van der Waals surface area contributed by atoms with E-state index in [1.54, 1.807) is 0 Å². The van der Waals surface area contributed by atoms with Gasteiger partial charge in [-0.25, -0.2) is 0 Å². The van der Waals surface area contributed by atoms with Crippen molar-refractivity contribution in [3.05, 3.63) is 12.2 Å². The lowest BCUT2D eigenvalue weighted by molar-refractivity contribution is -0.142. The molecular formula is C9H14O4.